The zero-order chi connectivity index (χ0) is 11.4. The van der Waals surface area contributed by atoms with Crippen LogP contribution < -0.4 is 5.73 Å². The van der Waals surface area contributed by atoms with E-state index in [1.165, 1.54) is 0 Å². The fraction of sp³-hybridized carbons (Fsp3) is 0.455. The fourth-order valence-electron chi connectivity index (χ4n) is 1.54. The Balaban J connectivity index is 2.94. The second kappa shape index (κ2) is 5.47. The van der Waals surface area contributed by atoms with Crippen LogP contribution in [0.15, 0.2) is 18.2 Å². The van der Waals surface area contributed by atoms with Crippen LogP contribution in [0, 0.1) is 6.92 Å². The summed E-state index contributed by atoms with van der Waals surface area (Å²) in [5.74, 6) is 0. The molecular weight excluding hydrogens is 214 g/mol. The molecule has 1 aromatic rings. The molecule has 0 fully saturated rings. The minimum absolute atomic E-state index is 0.335. The van der Waals surface area contributed by atoms with Crippen molar-refractivity contribution in [2.45, 2.75) is 25.6 Å². The highest BCUT2D eigenvalue weighted by Gasteiger charge is 2.21. The van der Waals surface area contributed by atoms with Gasteiger partial charge in [-0.1, -0.05) is 23.7 Å². The van der Waals surface area contributed by atoms with Crippen molar-refractivity contribution in [1.29, 1.82) is 0 Å². The Labute approximate surface area is 94.5 Å². The molecule has 0 aliphatic heterocycles. The first-order valence-electron chi connectivity index (χ1n) is 4.89. The van der Waals surface area contributed by atoms with Gasteiger partial charge in [0.1, 0.15) is 6.10 Å². The monoisotopic (exact) mass is 229 g/mol. The molecule has 2 unspecified atom stereocenters. The lowest BCUT2D eigenvalue weighted by Crippen LogP contribution is -2.22. The summed E-state index contributed by atoms with van der Waals surface area (Å²) in [4.78, 5) is 0. The van der Waals surface area contributed by atoms with Crippen LogP contribution in [0.5, 0.6) is 0 Å². The number of hydrogen-bond donors (Lipinski definition) is 3. The number of rotatable bonds is 4. The van der Waals surface area contributed by atoms with Crippen LogP contribution in [0.3, 0.4) is 0 Å². The zero-order valence-corrected chi connectivity index (χ0v) is 9.41. The van der Waals surface area contributed by atoms with Crippen LogP contribution in [0.25, 0.3) is 0 Å². The molecule has 4 N–H and O–H groups in total. The number of benzene rings is 1. The first-order valence-corrected chi connectivity index (χ1v) is 5.27. The van der Waals surface area contributed by atoms with Gasteiger partial charge in [0.25, 0.3) is 0 Å². The van der Waals surface area contributed by atoms with Crippen LogP contribution in [0.4, 0.5) is 0 Å². The number of aliphatic hydroxyl groups excluding tert-OH is 2. The molecule has 0 saturated carbocycles. The summed E-state index contributed by atoms with van der Waals surface area (Å²) in [5, 5.41) is 20.0. The van der Waals surface area contributed by atoms with E-state index in [1.807, 2.05) is 19.1 Å². The van der Waals surface area contributed by atoms with E-state index in [2.05, 4.69) is 0 Å². The molecule has 4 heteroatoms. The van der Waals surface area contributed by atoms with Crippen molar-refractivity contribution in [3.05, 3.63) is 34.3 Å². The Bertz CT molecular complexity index is 310. The van der Waals surface area contributed by atoms with Crippen molar-refractivity contribution in [2.24, 2.45) is 5.73 Å². The molecule has 0 amide bonds. The molecule has 84 valence electrons. The number of hydrogen-bond acceptors (Lipinski definition) is 3. The highest BCUT2D eigenvalue weighted by atomic mass is 35.5. The second-order valence-corrected chi connectivity index (χ2v) is 3.97. The molecule has 0 aliphatic rings. The molecule has 0 aromatic heterocycles. The molecule has 15 heavy (non-hydrogen) atoms. The van der Waals surface area contributed by atoms with Crippen LogP contribution in [-0.4, -0.2) is 22.9 Å². The van der Waals surface area contributed by atoms with E-state index < -0.39 is 12.2 Å². The highest BCUT2D eigenvalue weighted by Crippen LogP contribution is 2.29. The van der Waals surface area contributed by atoms with E-state index in [0.717, 1.165) is 5.56 Å². The lowest BCUT2D eigenvalue weighted by atomic mass is 9.98. The molecule has 0 radical (unpaired) electrons. The summed E-state index contributed by atoms with van der Waals surface area (Å²) in [5.41, 5.74) is 6.77. The Morgan fingerprint density at radius 1 is 1.40 bits per heavy atom. The van der Waals surface area contributed by atoms with Gasteiger partial charge in [0, 0.05) is 10.6 Å². The van der Waals surface area contributed by atoms with Crippen molar-refractivity contribution >= 4 is 11.6 Å². The SMILES string of the molecule is Cc1cccc(Cl)c1C(O)C(O)CCN. The third-order valence-corrected chi connectivity index (χ3v) is 2.72. The highest BCUT2D eigenvalue weighted by molar-refractivity contribution is 6.31. The average Bonchev–Trinajstić information content (AvgIpc) is 2.17. The van der Waals surface area contributed by atoms with Crippen molar-refractivity contribution in [3.63, 3.8) is 0 Å². The molecule has 0 aliphatic carbocycles. The number of halogens is 1. The van der Waals surface area contributed by atoms with Crippen LogP contribution in [0.2, 0.25) is 5.02 Å². The second-order valence-electron chi connectivity index (χ2n) is 3.56. The average molecular weight is 230 g/mol. The quantitative estimate of drug-likeness (QED) is 0.731. The smallest absolute Gasteiger partial charge is 0.107 e. The summed E-state index contributed by atoms with van der Waals surface area (Å²) in [6, 6.07) is 5.35. The molecule has 1 aromatic carbocycles. The minimum Gasteiger partial charge on any atom is -0.390 e. The predicted octanol–water partition coefficient (Wildman–Crippen LogP) is 1.39. The van der Waals surface area contributed by atoms with Gasteiger partial charge in [-0.15, -0.1) is 0 Å². The maximum atomic E-state index is 9.89. The standard InChI is InChI=1S/C11H16ClNO2/c1-7-3-2-4-8(12)10(7)11(15)9(14)5-6-13/h2-4,9,11,14-15H,5-6,13H2,1H3. The van der Waals surface area contributed by atoms with Gasteiger partial charge in [-0.05, 0) is 31.5 Å². The van der Waals surface area contributed by atoms with Gasteiger partial charge < -0.3 is 15.9 Å². The van der Waals surface area contributed by atoms with E-state index in [-0.39, 0.29) is 0 Å². The Hall–Kier alpha value is -0.610. The lowest BCUT2D eigenvalue weighted by molar-refractivity contribution is 0.0147. The van der Waals surface area contributed by atoms with Crippen molar-refractivity contribution in [1.82, 2.24) is 0 Å². The number of nitrogens with two attached hydrogens (primary N) is 1. The van der Waals surface area contributed by atoms with Crippen LogP contribution in [0.1, 0.15) is 23.7 Å². The Morgan fingerprint density at radius 2 is 2.07 bits per heavy atom. The zero-order valence-electron chi connectivity index (χ0n) is 8.65. The van der Waals surface area contributed by atoms with Gasteiger partial charge >= 0.3 is 0 Å². The van der Waals surface area contributed by atoms with Gasteiger partial charge in [0.2, 0.25) is 0 Å². The molecular formula is C11H16ClNO2. The van der Waals surface area contributed by atoms with Crippen molar-refractivity contribution in [3.8, 4) is 0 Å². The van der Waals surface area contributed by atoms with Gasteiger partial charge in [-0.2, -0.15) is 0 Å². The Kier molecular flexibility index (Phi) is 4.54. The van der Waals surface area contributed by atoms with Gasteiger partial charge in [0.15, 0.2) is 0 Å². The van der Waals surface area contributed by atoms with Gasteiger partial charge in [0.05, 0.1) is 6.10 Å². The van der Waals surface area contributed by atoms with Crippen LogP contribution >= 0.6 is 11.6 Å². The summed E-state index contributed by atoms with van der Waals surface area (Å²) in [6.45, 7) is 2.18. The normalized spacial score (nSPS) is 15.0. The van der Waals surface area contributed by atoms with E-state index in [4.69, 9.17) is 17.3 Å². The molecule has 3 nitrogen and oxygen atoms in total. The van der Waals surface area contributed by atoms with E-state index in [9.17, 15) is 10.2 Å². The predicted molar refractivity (Wildman–Crippen MR) is 60.8 cm³/mol. The van der Waals surface area contributed by atoms with Crippen molar-refractivity contribution in [2.75, 3.05) is 6.54 Å². The number of aliphatic hydroxyl groups is 2. The molecule has 0 bridgehead atoms. The topological polar surface area (TPSA) is 66.5 Å². The maximum Gasteiger partial charge on any atom is 0.107 e. The van der Waals surface area contributed by atoms with Crippen molar-refractivity contribution < 1.29 is 10.2 Å². The van der Waals surface area contributed by atoms with Crippen LogP contribution in [-0.2, 0) is 0 Å². The molecule has 0 saturated heterocycles. The van der Waals surface area contributed by atoms with Gasteiger partial charge in [-0.3, -0.25) is 0 Å². The fourth-order valence-corrected chi connectivity index (χ4v) is 1.87. The Morgan fingerprint density at radius 3 is 2.60 bits per heavy atom. The summed E-state index contributed by atoms with van der Waals surface area (Å²) < 4.78 is 0. The summed E-state index contributed by atoms with van der Waals surface area (Å²) in [6.07, 6.45) is -1.48. The summed E-state index contributed by atoms with van der Waals surface area (Å²) >= 11 is 5.97. The first-order chi connectivity index (χ1) is 7.07. The molecule has 0 spiro atoms. The first kappa shape index (κ1) is 12.5. The molecule has 1 rings (SSSR count). The molecule has 2 atom stereocenters. The van der Waals surface area contributed by atoms with E-state index in [1.54, 1.807) is 6.07 Å². The minimum atomic E-state index is -0.970. The number of aryl methyl sites for hydroxylation is 1. The maximum absolute atomic E-state index is 9.89. The third-order valence-electron chi connectivity index (χ3n) is 2.39. The van der Waals surface area contributed by atoms with Gasteiger partial charge in [-0.25, -0.2) is 0 Å². The molecule has 0 heterocycles. The largest absolute Gasteiger partial charge is 0.390 e. The lowest BCUT2D eigenvalue weighted by Gasteiger charge is -2.20. The van der Waals surface area contributed by atoms with E-state index >= 15 is 0 Å². The summed E-state index contributed by atoms with van der Waals surface area (Å²) in [7, 11) is 0. The van der Waals surface area contributed by atoms with E-state index in [0.29, 0.717) is 23.6 Å². The third kappa shape index (κ3) is 2.92.